The number of hydrogen-bond acceptors (Lipinski definition) is 4. The lowest BCUT2D eigenvalue weighted by molar-refractivity contribution is -0.148. The fourth-order valence-electron chi connectivity index (χ4n) is 1.54. The normalized spacial score (nSPS) is 18.1. The Hall–Kier alpha value is -1.63. The molecule has 3 N–H and O–H groups in total. The zero-order chi connectivity index (χ0) is 12.3. The molecule has 1 aliphatic heterocycles. The summed E-state index contributed by atoms with van der Waals surface area (Å²) in [6, 6.07) is -1.51. The van der Waals surface area contributed by atoms with E-state index >= 15 is 0 Å². The number of rotatable bonds is 2. The lowest BCUT2D eigenvalue weighted by atomic mass is 10.2. The summed E-state index contributed by atoms with van der Waals surface area (Å²) < 4.78 is 0. The molecule has 1 atom stereocenters. The highest BCUT2D eigenvalue weighted by Crippen LogP contribution is 2.03. The Balaban J connectivity index is 2.51. The molecule has 0 saturated carbocycles. The Morgan fingerprint density at radius 2 is 1.56 bits per heavy atom. The number of aliphatic carboxylic acids is 1. The third kappa shape index (κ3) is 2.69. The van der Waals surface area contributed by atoms with Crippen LogP contribution in [-0.4, -0.2) is 64.9 Å². The van der Waals surface area contributed by atoms with Gasteiger partial charge in [-0.1, -0.05) is 0 Å². The number of nitrogens with two attached hydrogens (primary N) is 1. The first kappa shape index (κ1) is 12.4. The van der Waals surface area contributed by atoms with E-state index in [1.807, 2.05) is 0 Å². The van der Waals surface area contributed by atoms with Gasteiger partial charge in [-0.25, -0.2) is 4.79 Å². The first-order valence-corrected chi connectivity index (χ1v) is 4.96. The number of piperazine rings is 1. The maximum atomic E-state index is 11.5. The average Bonchev–Trinajstić information content (AvgIpc) is 2.27. The van der Waals surface area contributed by atoms with Gasteiger partial charge in [-0.05, 0) is 0 Å². The molecule has 7 nitrogen and oxygen atoms in total. The number of carbonyl (C=O) groups excluding carboxylic acids is 2. The standard InChI is InChI=1S/C9H15N3O4/c1-6(13)11-2-4-12(5-3-11)8(14)7(10)9(15)16/h7H,2-5,10H2,1H3,(H,15,16). The van der Waals surface area contributed by atoms with Crippen LogP contribution in [0.1, 0.15) is 6.92 Å². The molecule has 0 aromatic heterocycles. The van der Waals surface area contributed by atoms with E-state index in [1.54, 1.807) is 4.90 Å². The number of nitrogens with zero attached hydrogens (tertiary/aromatic N) is 2. The summed E-state index contributed by atoms with van der Waals surface area (Å²) in [7, 11) is 0. The molecule has 0 spiro atoms. The second kappa shape index (κ2) is 4.93. The van der Waals surface area contributed by atoms with Crippen molar-refractivity contribution in [2.75, 3.05) is 26.2 Å². The lowest BCUT2D eigenvalue weighted by Crippen LogP contribution is -2.55. The summed E-state index contributed by atoms with van der Waals surface area (Å²) >= 11 is 0. The molecule has 0 aromatic carbocycles. The minimum absolute atomic E-state index is 0.0466. The van der Waals surface area contributed by atoms with Crippen LogP contribution in [0, 0.1) is 0 Å². The molecule has 1 aliphatic rings. The highest BCUT2D eigenvalue weighted by atomic mass is 16.4. The average molecular weight is 229 g/mol. The van der Waals surface area contributed by atoms with Crippen molar-refractivity contribution >= 4 is 17.8 Å². The molecular weight excluding hydrogens is 214 g/mol. The van der Waals surface area contributed by atoms with Gasteiger partial charge in [0.05, 0.1) is 0 Å². The lowest BCUT2D eigenvalue weighted by Gasteiger charge is -2.34. The smallest absolute Gasteiger partial charge is 0.330 e. The molecular formula is C9H15N3O4. The van der Waals surface area contributed by atoms with Gasteiger partial charge in [-0.3, -0.25) is 9.59 Å². The molecule has 90 valence electrons. The zero-order valence-corrected chi connectivity index (χ0v) is 9.05. The molecule has 0 aromatic rings. The van der Waals surface area contributed by atoms with Crippen LogP contribution in [0.2, 0.25) is 0 Å². The zero-order valence-electron chi connectivity index (χ0n) is 9.05. The van der Waals surface area contributed by atoms with E-state index in [2.05, 4.69) is 0 Å². The van der Waals surface area contributed by atoms with Gasteiger partial charge in [-0.2, -0.15) is 0 Å². The van der Waals surface area contributed by atoms with Crippen LogP contribution in [-0.2, 0) is 14.4 Å². The van der Waals surface area contributed by atoms with Gasteiger partial charge < -0.3 is 20.6 Å². The Labute approximate surface area is 92.8 Å². The van der Waals surface area contributed by atoms with Gasteiger partial charge in [0.25, 0.3) is 5.91 Å². The summed E-state index contributed by atoms with van der Waals surface area (Å²) in [6.45, 7) is 2.97. The van der Waals surface area contributed by atoms with Crippen molar-refractivity contribution in [1.29, 1.82) is 0 Å². The third-order valence-electron chi connectivity index (χ3n) is 2.57. The van der Waals surface area contributed by atoms with Crippen LogP contribution in [0.4, 0.5) is 0 Å². The molecule has 1 rings (SSSR count). The SMILES string of the molecule is CC(=O)N1CCN(C(=O)C(N)C(=O)O)CC1. The van der Waals surface area contributed by atoms with Gasteiger partial charge in [0.15, 0.2) is 6.04 Å². The van der Waals surface area contributed by atoms with Gasteiger partial charge in [0.2, 0.25) is 5.91 Å². The van der Waals surface area contributed by atoms with Crippen LogP contribution >= 0.6 is 0 Å². The van der Waals surface area contributed by atoms with E-state index < -0.39 is 17.9 Å². The highest BCUT2D eigenvalue weighted by Gasteiger charge is 2.29. The van der Waals surface area contributed by atoms with E-state index in [0.717, 1.165) is 0 Å². The molecule has 1 fully saturated rings. The van der Waals surface area contributed by atoms with Crippen molar-refractivity contribution in [2.24, 2.45) is 5.73 Å². The molecule has 1 unspecified atom stereocenters. The largest absolute Gasteiger partial charge is 0.480 e. The maximum absolute atomic E-state index is 11.5. The Bertz CT molecular complexity index is 310. The van der Waals surface area contributed by atoms with Gasteiger partial charge in [-0.15, -0.1) is 0 Å². The fourth-order valence-corrected chi connectivity index (χ4v) is 1.54. The number of hydrogen-bond donors (Lipinski definition) is 2. The Kier molecular flexibility index (Phi) is 3.83. The Morgan fingerprint density at radius 1 is 1.12 bits per heavy atom. The Morgan fingerprint density at radius 3 is 1.94 bits per heavy atom. The topological polar surface area (TPSA) is 104 Å². The summed E-state index contributed by atoms with van der Waals surface area (Å²) in [5, 5.41) is 8.59. The highest BCUT2D eigenvalue weighted by molar-refractivity contribution is 6.00. The van der Waals surface area contributed by atoms with Crippen molar-refractivity contribution in [3.63, 3.8) is 0 Å². The summed E-state index contributed by atoms with van der Waals surface area (Å²) in [6.07, 6.45) is 0. The minimum Gasteiger partial charge on any atom is -0.480 e. The maximum Gasteiger partial charge on any atom is 0.330 e. The molecule has 0 bridgehead atoms. The monoisotopic (exact) mass is 229 g/mol. The quantitative estimate of drug-likeness (QED) is 0.538. The van der Waals surface area contributed by atoms with Crippen molar-refractivity contribution in [2.45, 2.75) is 13.0 Å². The van der Waals surface area contributed by atoms with E-state index in [9.17, 15) is 14.4 Å². The molecule has 16 heavy (non-hydrogen) atoms. The van der Waals surface area contributed by atoms with Crippen LogP contribution in [0.5, 0.6) is 0 Å². The van der Waals surface area contributed by atoms with Crippen LogP contribution in [0.3, 0.4) is 0 Å². The predicted molar refractivity (Wildman–Crippen MR) is 54.4 cm³/mol. The second-order valence-electron chi connectivity index (χ2n) is 3.65. The molecule has 0 radical (unpaired) electrons. The van der Waals surface area contributed by atoms with Crippen molar-refractivity contribution in [3.05, 3.63) is 0 Å². The van der Waals surface area contributed by atoms with Crippen molar-refractivity contribution in [3.8, 4) is 0 Å². The molecule has 7 heteroatoms. The number of carboxylic acid groups (broad SMARTS) is 1. The van der Waals surface area contributed by atoms with Crippen LogP contribution in [0.15, 0.2) is 0 Å². The van der Waals surface area contributed by atoms with E-state index in [4.69, 9.17) is 10.8 Å². The molecule has 0 aliphatic carbocycles. The number of amides is 2. The second-order valence-corrected chi connectivity index (χ2v) is 3.65. The third-order valence-corrected chi connectivity index (χ3v) is 2.57. The van der Waals surface area contributed by atoms with Crippen molar-refractivity contribution in [1.82, 2.24) is 9.80 Å². The summed E-state index contributed by atoms with van der Waals surface area (Å²) in [4.78, 5) is 36.1. The van der Waals surface area contributed by atoms with Gasteiger partial charge in [0, 0.05) is 33.1 Å². The van der Waals surface area contributed by atoms with Gasteiger partial charge >= 0.3 is 5.97 Å². The van der Waals surface area contributed by atoms with Crippen LogP contribution in [0.25, 0.3) is 0 Å². The summed E-state index contributed by atoms with van der Waals surface area (Å²) in [5.41, 5.74) is 5.21. The van der Waals surface area contributed by atoms with Crippen LogP contribution < -0.4 is 5.73 Å². The summed E-state index contributed by atoms with van der Waals surface area (Å²) in [5.74, 6) is -1.98. The number of carboxylic acids is 1. The van der Waals surface area contributed by atoms with E-state index in [-0.39, 0.29) is 5.91 Å². The minimum atomic E-state index is -1.51. The molecule has 1 heterocycles. The van der Waals surface area contributed by atoms with Gasteiger partial charge in [0.1, 0.15) is 0 Å². The first-order valence-electron chi connectivity index (χ1n) is 4.96. The fraction of sp³-hybridized carbons (Fsp3) is 0.667. The van der Waals surface area contributed by atoms with E-state index in [1.165, 1.54) is 11.8 Å². The first-order chi connectivity index (χ1) is 7.43. The van der Waals surface area contributed by atoms with Crippen molar-refractivity contribution < 1.29 is 19.5 Å². The predicted octanol–water partition coefficient (Wildman–Crippen LogP) is -1.91. The molecule has 2 amide bonds. The van der Waals surface area contributed by atoms with E-state index in [0.29, 0.717) is 26.2 Å². The number of carbonyl (C=O) groups is 3. The molecule has 1 saturated heterocycles.